The van der Waals surface area contributed by atoms with E-state index in [9.17, 15) is 19.2 Å². The summed E-state index contributed by atoms with van der Waals surface area (Å²) in [6.45, 7) is 0.546. The Bertz CT molecular complexity index is 1230. The lowest BCUT2D eigenvalue weighted by Gasteiger charge is -2.17. The first-order valence-corrected chi connectivity index (χ1v) is 10.1. The SMILES string of the molecule is O=C(Cn1c(=O)ccn(Cc2ccccc2)c1=O)Nc1cccc(N2CCCC2=O)c1. The number of amides is 2. The molecule has 0 atom stereocenters. The van der Waals surface area contributed by atoms with Gasteiger partial charge in [0.1, 0.15) is 6.54 Å². The van der Waals surface area contributed by atoms with Crippen LogP contribution in [-0.4, -0.2) is 27.5 Å². The zero-order valence-electron chi connectivity index (χ0n) is 16.9. The van der Waals surface area contributed by atoms with E-state index in [1.807, 2.05) is 36.4 Å². The van der Waals surface area contributed by atoms with Crippen molar-refractivity contribution in [3.05, 3.63) is 93.3 Å². The van der Waals surface area contributed by atoms with Crippen molar-refractivity contribution in [2.24, 2.45) is 0 Å². The van der Waals surface area contributed by atoms with Crippen molar-refractivity contribution in [2.45, 2.75) is 25.9 Å². The van der Waals surface area contributed by atoms with Crippen molar-refractivity contribution in [1.29, 1.82) is 0 Å². The van der Waals surface area contributed by atoms with E-state index in [4.69, 9.17) is 0 Å². The Morgan fingerprint density at radius 1 is 0.968 bits per heavy atom. The topological polar surface area (TPSA) is 93.4 Å². The molecule has 0 aliphatic carbocycles. The number of hydrogen-bond donors (Lipinski definition) is 1. The van der Waals surface area contributed by atoms with Gasteiger partial charge in [-0.05, 0) is 30.2 Å². The van der Waals surface area contributed by atoms with Gasteiger partial charge in [0.25, 0.3) is 5.56 Å². The summed E-state index contributed by atoms with van der Waals surface area (Å²) < 4.78 is 2.30. The molecule has 4 rings (SSSR count). The maximum Gasteiger partial charge on any atom is 0.331 e. The quantitative estimate of drug-likeness (QED) is 0.661. The second-order valence-electron chi connectivity index (χ2n) is 7.38. The minimum absolute atomic E-state index is 0.0540. The monoisotopic (exact) mass is 418 g/mol. The van der Waals surface area contributed by atoms with Crippen LogP contribution in [0, 0.1) is 0 Å². The van der Waals surface area contributed by atoms with Crippen LogP contribution in [0.25, 0.3) is 0 Å². The molecule has 1 saturated heterocycles. The van der Waals surface area contributed by atoms with Crippen LogP contribution in [0.15, 0.2) is 76.4 Å². The van der Waals surface area contributed by atoms with Gasteiger partial charge in [0.15, 0.2) is 0 Å². The van der Waals surface area contributed by atoms with Gasteiger partial charge in [-0.25, -0.2) is 4.79 Å². The third-order valence-corrected chi connectivity index (χ3v) is 5.15. The van der Waals surface area contributed by atoms with E-state index in [2.05, 4.69) is 5.32 Å². The molecule has 0 spiro atoms. The molecule has 0 unspecified atom stereocenters. The first kappa shape index (κ1) is 20.3. The minimum Gasteiger partial charge on any atom is -0.324 e. The highest BCUT2D eigenvalue weighted by Crippen LogP contribution is 2.24. The fourth-order valence-corrected chi connectivity index (χ4v) is 3.62. The predicted molar refractivity (Wildman–Crippen MR) is 117 cm³/mol. The van der Waals surface area contributed by atoms with Crippen molar-refractivity contribution in [1.82, 2.24) is 9.13 Å². The summed E-state index contributed by atoms with van der Waals surface area (Å²) in [7, 11) is 0. The van der Waals surface area contributed by atoms with E-state index >= 15 is 0 Å². The number of aromatic nitrogens is 2. The third-order valence-electron chi connectivity index (χ3n) is 5.15. The molecule has 1 fully saturated rings. The summed E-state index contributed by atoms with van der Waals surface area (Å²) in [6, 6.07) is 17.6. The molecule has 2 heterocycles. The van der Waals surface area contributed by atoms with E-state index in [1.54, 1.807) is 23.1 Å². The molecule has 1 aliphatic rings. The summed E-state index contributed by atoms with van der Waals surface area (Å²) in [5, 5.41) is 2.71. The first-order valence-electron chi connectivity index (χ1n) is 10.1. The van der Waals surface area contributed by atoms with E-state index in [0.717, 1.165) is 16.6 Å². The predicted octanol–water partition coefficient (Wildman–Crippen LogP) is 1.82. The van der Waals surface area contributed by atoms with Crippen LogP contribution < -0.4 is 21.5 Å². The van der Waals surface area contributed by atoms with Crippen molar-refractivity contribution < 1.29 is 9.59 Å². The van der Waals surface area contributed by atoms with Crippen LogP contribution in [0.2, 0.25) is 0 Å². The average Bonchev–Trinajstić information content (AvgIpc) is 3.20. The molecule has 1 N–H and O–H groups in total. The zero-order chi connectivity index (χ0) is 21.8. The van der Waals surface area contributed by atoms with Crippen molar-refractivity contribution in [2.75, 3.05) is 16.8 Å². The standard InChI is InChI=1S/C23H22N4O4/c28-20(24-18-8-4-9-19(14-18)26-12-5-10-21(26)29)16-27-22(30)11-13-25(23(27)31)15-17-6-2-1-3-7-17/h1-4,6-9,11,13-14H,5,10,12,15-16H2,(H,24,28). The highest BCUT2D eigenvalue weighted by atomic mass is 16.2. The minimum atomic E-state index is -0.553. The number of hydrogen-bond acceptors (Lipinski definition) is 4. The Hall–Kier alpha value is -3.94. The Morgan fingerprint density at radius 3 is 2.52 bits per heavy atom. The van der Waals surface area contributed by atoms with Crippen molar-refractivity contribution >= 4 is 23.2 Å². The van der Waals surface area contributed by atoms with Crippen LogP contribution in [0.5, 0.6) is 0 Å². The van der Waals surface area contributed by atoms with Gasteiger partial charge in [0, 0.05) is 36.6 Å². The molecule has 158 valence electrons. The molecule has 2 aromatic carbocycles. The van der Waals surface area contributed by atoms with Crippen molar-refractivity contribution in [3.8, 4) is 0 Å². The van der Waals surface area contributed by atoms with Gasteiger partial charge >= 0.3 is 5.69 Å². The van der Waals surface area contributed by atoms with Crippen LogP contribution >= 0.6 is 0 Å². The summed E-state index contributed by atoms with van der Waals surface area (Å²) in [5.41, 5.74) is 1.02. The summed E-state index contributed by atoms with van der Waals surface area (Å²) >= 11 is 0. The Morgan fingerprint density at radius 2 is 1.77 bits per heavy atom. The van der Waals surface area contributed by atoms with Crippen molar-refractivity contribution in [3.63, 3.8) is 0 Å². The lowest BCUT2D eigenvalue weighted by atomic mass is 10.2. The smallest absolute Gasteiger partial charge is 0.324 e. The molecule has 8 heteroatoms. The molecule has 1 aliphatic heterocycles. The highest BCUT2D eigenvalue weighted by molar-refractivity contribution is 5.97. The third kappa shape index (κ3) is 4.63. The summed E-state index contributed by atoms with van der Waals surface area (Å²) in [4.78, 5) is 51.2. The molecule has 0 saturated carbocycles. The van der Waals surface area contributed by atoms with E-state index in [-0.39, 0.29) is 5.91 Å². The lowest BCUT2D eigenvalue weighted by Crippen LogP contribution is -2.41. The Kier molecular flexibility index (Phi) is 5.79. The molecule has 0 radical (unpaired) electrons. The van der Waals surface area contributed by atoms with Gasteiger partial charge in [0.2, 0.25) is 11.8 Å². The van der Waals surface area contributed by atoms with E-state index in [0.29, 0.717) is 30.9 Å². The number of benzene rings is 2. The van der Waals surface area contributed by atoms with Gasteiger partial charge < -0.3 is 10.2 Å². The molecule has 3 aromatic rings. The average molecular weight is 418 g/mol. The summed E-state index contributed by atoms with van der Waals surface area (Å²) in [5.74, 6) is -0.445. The van der Waals surface area contributed by atoms with Gasteiger partial charge in [-0.15, -0.1) is 0 Å². The highest BCUT2D eigenvalue weighted by Gasteiger charge is 2.22. The maximum absolute atomic E-state index is 12.7. The van der Waals surface area contributed by atoms with Gasteiger partial charge in [-0.2, -0.15) is 0 Å². The normalized spacial score (nSPS) is 13.4. The molecule has 0 bridgehead atoms. The fraction of sp³-hybridized carbons (Fsp3) is 0.217. The van der Waals surface area contributed by atoms with Gasteiger partial charge in [0.05, 0.1) is 6.54 Å². The number of nitrogens with one attached hydrogen (secondary N) is 1. The second-order valence-corrected chi connectivity index (χ2v) is 7.38. The van der Waals surface area contributed by atoms with Crippen LogP contribution in [0.4, 0.5) is 11.4 Å². The number of carbonyl (C=O) groups excluding carboxylic acids is 2. The molecular formula is C23H22N4O4. The Labute approximate surface area is 178 Å². The fourth-order valence-electron chi connectivity index (χ4n) is 3.62. The van der Waals surface area contributed by atoms with Crippen LogP contribution in [0.1, 0.15) is 18.4 Å². The van der Waals surface area contributed by atoms with Gasteiger partial charge in [-0.1, -0.05) is 36.4 Å². The second kappa shape index (κ2) is 8.83. The number of rotatable bonds is 6. The summed E-state index contributed by atoms with van der Waals surface area (Å²) in [6.07, 6.45) is 2.76. The number of nitrogens with zero attached hydrogens (tertiary/aromatic N) is 3. The molecule has 1 aromatic heterocycles. The van der Waals surface area contributed by atoms with E-state index in [1.165, 1.54) is 16.8 Å². The van der Waals surface area contributed by atoms with E-state index < -0.39 is 23.7 Å². The Balaban J connectivity index is 1.50. The first-order chi connectivity index (χ1) is 15.0. The van der Waals surface area contributed by atoms with Crippen LogP contribution in [-0.2, 0) is 22.7 Å². The molecule has 2 amide bonds. The number of anilines is 2. The zero-order valence-corrected chi connectivity index (χ0v) is 16.9. The molecular weight excluding hydrogens is 396 g/mol. The molecule has 31 heavy (non-hydrogen) atoms. The van der Waals surface area contributed by atoms with Crippen LogP contribution in [0.3, 0.4) is 0 Å². The number of carbonyl (C=O) groups is 2. The lowest BCUT2D eigenvalue weighted by molar-refractivity contribution is -0.117. The maximum atomic E-state index is 12.7. The largest absolute Gasteiger partial charge is 0.331 e. The van der Waals surface area contributed by atoms with Gasteiger partial charge in [-0.3, -0.25) is 23.5 Å². The molecule has 8 nitrogen and oxygen atoms in total.